The molecule has 0 saturated heterocycles. The van der Waals surface area contributed by atoms with Crippen LogP contribution in [0.5, 0.6) is 0 Å². The molecule has 0 atom stereocenters. The molecule has 1 aliphatic carbocycles. The molecule has 2 rings (SSSR count). The molecule has 1 aliphatic rings. The van der Waals surface area contributed by atoms with Gasteiger partial charge in [0.15, 0.2) is 0 Å². The van der Waals surface area contributed by atoms with E-state index in [0.29, 0.717) is 11.7 Å². The first-order valence-electron chi connectivity index (χ1n) is 7.11. The van der Waals surface area contributed by atoms with Gasteiger partial charge in [-0.15, -0.1) is 0 Å². The molecule has 102 valence electrons. The Morgan fingerprint density at radius 2 is 1.94 bits per heavy atom. The van der Waals surface area contributed by atoms with Crippen LogP contribution >= 0.6 is 0 Å². The van der Waals surface area contributed by atoms with Crippen molar-refractivity contribution in [1.29, 1.82) is 0 Å². The largest absolute Gasteiger partial charge is 0.462 e. The van der Waals surface area contributed by atoms with E-state index in [1.807, 2.05) is 12.1 Å². The van der Waals surface area contributed by atoms with Gasteiger partial charge in [-0.3, -0.25) is 4.90 Å². The van der Waals surface area contributed by atoms with E-state index in [9.17, 15) is 0 Å². The van der Waals surface area contributed by atoms with Crippen LogP contribution in [0.1, 0.15) is 51.1 Å². The van der Waals surface area contributed by atoms with Crippen LogP contribution in [0.3, 0.4) is 0 Å². The lowest BCUT2D eigenvalue weighted by Gasteiger charge is -2.29. The Labute approximate surface area is 110 Å². The smallest absolute Gasteiger partial charge is 0.129 e. The molecular formula is C15H25NO2. The number of hydrogen-bond donors (Lipinski definition) is 1. The fourth-order valence-corrected chi connectivity index (χ4v) is 2.87. The van der Waals surface area contributed by atoms with Crippen LogP contribution in [0.2, 0.25) is 0 Å². The lowest BCUT2D eigenvalue weighted by Crippen LogP contribution is -2.35. The molecule has 0 aromatic carbocycles. The van der Waals surface area contributed by atoms with Crippen molar-refractivity contribution in [3.8, 4) is 0 Å². The summed E-state index contributed by atoms with van der Waals surface area (Å²) < 4.78 is 5.61. The standard InChI is InChI=1S/C15H25NO2/c1-12(2)9-16(13-5-3-4-6-13)10-14-7-8-15(11-17)18-14/h7-8,12-13,17H,3-6,9-11H2,1-2H3. The molecule has 0 spiro atoms. The van der Waals surface area contributed by atoms with E-state index in [1.54, 1.807) is 0 Å². The first-order chi connectivity index (χ1) is 8.69. The Balaban J connectivity index is 1.99. The highest BCUT2D eigenvalue weighted by Crippen LogP contribution is 2.26. The van der Waals surface area contributed by atoms with Gasteiger partial charge in [0.2, 0.25) is 0 Å². The molecule has 0 radical (unpaired) electrons. The quantitative estimate of drug-likeness (QED) is 0.843. The SMILES string of the molecule is CC(C)CN(Cc1ccc(CO)o1)C1CCCC1. The van der Waals surface area contributed by atoms with Gasteiger partial charge in [0.05, 0.1) is 6.54 Å². The average molecular weight is 251 g/mol. The van der Waals surface area contributed by atoms with Crippen LogP contribution in [0, 0.1) is 5.92 Å². The number of rotatable bonds is 6. The predicted octanol–water partition coefficient (Wildman–Crippen LogP) is 3.17. The maximum Gasteiger partial charge on any atom is 0.129 e. The van der Waals surface area contributed by atoms with Crippen molar-refractivity contribution in [1.82, 2.24) is 4.90 Å². The molecule has 1 heterocycles. The van der Waals surface area contributed by atoms with Crippen LogP contribution in [0.15, 0.2) is 16.5 Å². The van der Waals surface area contributed by atoms with E-state index in [0.717, 1.165) is 24.9 Å². The Bertz CT molecular complexity index is 353. The van der Waals surface area contributed by atoms with Crippen LogP contribution in [0.4, 0.5) is 0 Å². The second-order valence-corrected chi connectivity index (χ2v) is 5.79. The van der Waals surface area contributed by atoms with Crippen molar-refractivity contribution in [2.75, 3.05) is 6.54 Å². The normalized spacial score (nSPS) is 17.2. The zero-order valence-corrected chi connectivity index (χ0v) is 11.6. The van der Waals surface area contributed by atoms with Crippen molar-refractivity contribution >= 4 is 0 Å². The van der Waals surface area contributed by atoms with Crippen molar-refractivity contribution in [3.63, 3.8) is 0 Å². The van der Waals surface area contributed by atoms with E-state index < -0.39 is 0 Å². The zero-order valence-electron chi connectivity index (χ0n) is 11.6. The van der Waals surface area contributed by atoms with E-state index in [4.69, 9.17) is 9.52 Å². The Morgan fingerprint density at radius 3 is 2.50 bits per heavy atom. The molecular weight excluding hydrogens is 226 g/mol. The van der Waals surface area contributed by atoms with E-state index in [-0.39, 0.29) is 6.61 Å². The number of furan rings is 1. The van der Waals surface area contributed by atoms with E-state index >= 15 is 0 Å². The fraction of sp³-hybridized carbons (Fsp3) is 0.733. The topological polar surface area (TPSA) is 36.6 Å². The van der Waals surface area contributed by atoms with Crippen LogP contribution in [-0.2, 0) is 13.2 Å². The number of nitrogens with zero attached hydrogens (tertiary/aromatic N) is 1. The zero-order chi connectivity index (χ0) is 13.0. The minimum absolute atomic E-state index is 0.00634. The fourth-order valence-electron chi connectivity index (χ4n) is 2.87. The second-order valence-electron chi connectivity index (χ2n) is 5.79. The van der Waals surface area contributed by atoms with Crippen LogP contribution in [0.25, 0.3) is 0 Å². The van der Waals surface area contributed by atoms with Crippen molar-refractivity contribution in [3.05, 3.63) is 23.7 Å². The summed E-state index contributed by atoms with van der Waals surface area (Å²) in [4.78, 5) is 2.55. The molecule has 1 aromatic rings. The van der Waals surface area contributed by atoms with Gasteiger partial charge in [-0.05, 0) is 30.9 Å². The van der Waals surface area contributed by atoms with E-state index in [2.05, 4.69) is 18.7 Å². The molecule has 1 N–H and O–H groups in total. The third-order valence-electron chi connectivity index (χ3n) is 3.67. The van der Waals surface area contributed by atoms with Crippen molar-refractivity contribution < 1.29 is 9.52 Å². The van der Waals surface area contributed by atoms with Gasteiger partial charge in [-0.1, -0.05) is 26.7 Å². The number of aliphatic hydroxyl groups excluding tert-OH is 1. The molecule has 1 saturated carbocycles. The lowest BCUT2D eigenvalue weighted by molar-refractivity contribution is 0.152. The lowest BCUT2D eigenvalue weighted by atomic mass is 10.1. The first-order valence-corrected chi connectivity index (χ1v) is 7.11. The van der Waals surface area contributed by atoms with Gasteiger partial charge in [0.25, 0.3) is 0 Å². The summed E-state index contributed by atoms with van der Waals surface area (Å²) in [7, 11) is 0. The highest BCUT2D eigenvalue weighted by Gasteiger charge is 2.23. The molecule has 0 amide bonds. The van der Waals surface area contributed by atoms with Gasteiger partial charge in [-0.25, -0.2) is 0 Å². The molecule has 1 fully saturated rings. The van der Waals surface area contributed by atoms with E-state index in [1.165, 1.54) is 25.7 Å². The minimum Gasteiger partial charge on any atom is -0.462 e. The summed E-state index contributed by atoms with van der Waals surface area (Å²) in [6.45, 7) is 6.53. The first kappa shape index (κ1) is 13.6. The molecule has 3 nitrogen and oxygen atoms in total. The summed E-state index contributed by atoms with van der Waals surface area (Å²) >= 11 is 0. The average Bonchev–Trinajstić information content (AvgIpc) is 2.98. The van der Waals surface area contributed by atoms with Crippen molar-refractivity contribution in [2.24, 2.45) is 5.92 Å². The molecule has 0 aliphatic heterocycles. The summed E-state index contributed by atoms with van der Waals surface area (Å²) in [5.74, 6) is 2.32. The Kier molecular flexibility index (Phi) is 4.84. The predicted molar refractivity (Wildman–Crippen MR) is 72.1 cm³/mol. The third-order valence-corrected chi connectivity index (χ3v) is 3.67. The van der Waals surface area contributed by atoms with Gasteiger partial charge in [-0.2, -0.15) is 0 Å². The van der Waals surface area contributed by atoms with Gasteiger partial charge >= 0.3 is 0 Å². The van der Waals surface area contributed by atoms with Gasteiger partial charge < -0.3 is 9.52 Å². The Morgan fingerprint density at radius 1 is 1.28 bits per heavy atom. The third kappa shape index (κ3) is 3.59. The molecule has 3 heteroatoms. The number of aliphatic hydroxyl groups is 1. The van der Waals surface area contributed by atoms with Crippen LogP contribution in [-0.4, -0.2) is 22.6 Å². The summed E-state index contributed by atoms with van der Waals surface area (Å²) in [6, 6.07) is 4.58. The van der Waals surface area contributed by atoms with Gasteiger partial charge in [0, 0.05) is 12.6 Å². The Hall–Kier alpha value is -0.800. The molecule has 0 bridgehead atoms. The second kappa shape index (κ2) is 6.39. The van der Waals surface area contributed by atoms with Crippen LogP contribution < -0.4 is 0 Å². The maximum atomic E-state index is 9.03. The number of hydrogen-bond acceptors (Lipinski definition) is 3. The minimum atomic E-state index is -0.00634. The molecule has 1 aromatic heterocycles. The maximum absolute atomic E-state index is 9.03. The summed E-state index contributed by atoms with van der Waals surface area (Å²) in [6.07, 6.45) is 5.36. The summed E-state index contributed by atoms with van der Waals surface area (Å²) in [5.41, 5.74) is 0. The molecule has 18 heavy (non-hydrogen) atoms. The monoisotopic (exact) mass is 251 g/mol. The highest BCUT2D eigenvalue weighted by molar-refractivity contribution is 5.06. The van der Waals surface area contributed by atoms with Crippen molar-refractivity contribution in [2.45, 2.75) is 58.7 Å². The van der Waals surface area contributed by atoms with Gasteiger partial charge in [0.1, 0.15) is 18.1 Å². The molecule has 0 unspecified atom stereocenters. The summed E-state index contributed by atoms with van der Waals surface area (Å²) in [5, 5.41) is 9.03. The highest BCUT2D eigenvalue weighted by atomic mass is 16.4.